The first-order valence-corrected chi connectivity index (χ1v) is 3.93. The van der Waals surface area contributed by atoms with Crippen LogP contribution in [0.2, 0.25) is 0 Å². The second-order valence-corrected chi connectivity index (χ2v) is 2.86. The maximum absolute atomic E-state index is 13.0. The second-order valence-electron chi connectivity index (χ2n) is 2.86. The molecule has 0 heterocycles. The van der Waals surface area contributed by atoms with Gasteiger partial charge in [0.25, 0.3) is 0 Å². The van der Waals surface area contributed by atoms with Crippen LogP contribution in [0, 0.1) is 22.9 Å². The summed E-state index contributed by atoms with van der Waals surface area (Å²) in [6, 6.07) is 2.16. The Hall–Kier alpha value is -1.78. The summed E-state index contributed by atoms with van der Waals surface area (Å²) in [5.41, 5.74) is 0.431. The molecular formula is C9H8FNO3. The topological polar surface area (TPSA) is 60.2 Å². The molecule has 0 unspecified atom stereocenters. The van der Waals surface area contributed by atoms with Crippen LogP contribution in [0.25, 0.3) is 0 Å². The van der Waals surface area contributed by atoms with Gasteiger partial charge in [-0.1, -0.05) is 0 Å². The maximum Gasteiger partial charge on any atom is 0.305 e. The van der Waals surface area contributed by atoms with Crippen molar-refractivity contribution >= 4 is 12.0 Å². The van der Waals surface area contributed by atoms with Crippen molar-refractivity contribution in [2.24, 2.45) is 0 Å². The molecule has 4 nitrogen and oxygen atoms in total. The molecule has 0 atom stereocenters. The zero-order chi connectivity index (χ0) is 10.7. The lowest BCUT2D eigenvalue weighted by molar-refractivity contribution is -0.387. The molecule has 0 radical (unpaired) electrons. The van der Waals surface area contributed by atoms with Gasteiger partial charge in [0.05, 0.1) is 4.92 Å². The number of aldehydes is 1. The van der Waals surface area contributed by atoms with Crippen molar-refractivity contribution in [1.82, 2.24) is 0 Å². The van der Waals surface area contributed by atoms with Crippen molar-refractivity contribution in [3.8, 4) is 0 Å². The number of halogens is 1. The lowest BCUT2D eigenvalue weighted by atomic mass is 10.1. The molecule has 0 aliphatic heterocycles. The SMILES string of the molecule is Cc1cc(F)c([N+](=O)[O-])cc1CC=O. The number of aryl methyl sites for hydroxylation is 1. The van der Waals surface area contributed by atoms with Gasteiger partial charge in [-0.05, 0) is 24.1 Å². The van der Waals surface area contributed by atoms with E-state index in [4.69, 9.17) is 0 Å². The van der Waals surface area contributed by atoms with Crippen LogP contribution in [-0.2, 0) is 11.2 Å². The average Bonchev–Trinajstić information content (AvgIpc) is 2.09. The molecule has 1 aromatic rings. The number of nitro benzene ring substituents is 1. The Kier molecular flexibility index (Phi) is 2.91. The van der Waals surface area contributed by atoms with E-state index in [1.807, 2.05) is 0 Å². The van der Waals surface area contributed by atoms with E-state index in [2.05, 4.69) is 0 Å². The minimum absolute atomic E-state index is 0.0625. The lowest BCUT2D eigenvalue weighted by Gasteiger charge is -2.02. The van der Waals surface area contributed by atoms with E-state index in [1.165, 1.54) is 0 Å². The largest absolute Gasteiger partial charge is 0.305 e. The summed E-state index contributed by atoms with van der Waals surface area (Å²) < 4.78 is 13.0. The lowest BCUT2D eigenvalue weighted by Crippen LogP contribution is -1.98. The van der Waals surface area contributed by atoms with Crippen molar-refractivity contribution in [3.05, 3.63) is 39.2 Å². The summed E-state index contributed by atoms with van der Waals surface area (Å²) in [7, 11) is 0. The molecule has 0 aliphatic carbocycles. The number of nitrogens with zero attached hydrogens (tertiary/aromatic N) is 1. The first-order valence-electron chi connectivity index (χ1n) is 3.93. The third-order valence-electron chi connectivity index (χ3n) is 1.91. The van der Waals surface area contributed by atoms with Crippen molar-refractivity contribution in [1.29, 1.82) is 0 Å². The monoisotopic (exact) mass is 197 g/mol. The van der Waals surface area contributed by atoms with Gasteiger partial charge < -0.3 is 4.79 Å². The van der Waals surface area contributed by atoms with Gasteiger partial charge >= 0.3 is 5.69 Å². The van der Waals surface area contributed by atoms with Crippen molar-refractivity contribution in [3.63, 3.8) is 0 Å². The Morgan fingerprint density at radius 2 is 2.21 bits per heavy atom. The fourth-order valence-electron chi connectivity index (χ4n) is 1.15. The van der Waals surface area contributed by atoms with Crippen LogP contribution in [0.4, 0.5) is 10.1 Å². The van der Waals surface area contributed by atoms with Gasteiger partial charge in [-0.2, -0.15) is 4.39 Å². The quantitative estimate of drug-likeness (QED) is 0.421. The van der Waals surface area contributed by atoms with Crippen molar-refractivity contribution in [2.45, 2.75) is 13.3 Å². The van der Waals surface area contributed by atoms with Gasteiger partial charge in [-0.3, -0.25) is 10.1 Å². The molecule has 0 spiro atoms. The van der Waals surface area contributed by atoms with Gasteiger partial charge in [0.2, 0.25) is 5.82 Å². The van der Waals surface area contributed by atoms with Crippen LogP contribution >= 0.6 is 0 Å². The highest BCUT2D eigenvalue weighted by Crippen LogP contribution is 2.21. The molecule has 14 heavy (non-hydrogen) atoms. The first kappa shape index (κ1) is 10.3. The number of rotatable bonds is 3. The number of hydrogen-bond acceptors (Lipinski definition) is 3. The summed E-state index contributed by atoms with van der Waals surface area (Å²) in [5, 5.41) is 10.4. The van der Waals surface area contributed by atoms with Gasteiger partial charge in [0, 0.05) is 12.5 Å². The van der Waals surface area contributed by atoms with Crippen LogP contribution in [-0.4, -0.2) is 11.2 Å². The molecule has 0 bridgehead atoms. The predicted molar refractivity (Wildman–Crippen MR) is 47.6 cm³/mol. The normalized spacial score (nSPS) is 9.86. The molecule has 0 N–H and O–H groups in total. The molecule has 74 valence electrons. The van der Waals surface area contributed by atoms with Crippen LogP contribution in [0.3, 0.4) is 0 Å². The van der Waals surface area contributed by atoms with Crippen molar-refractivity contribution in [2.75, 3.05) is 0 Å². The maximum atomic E-state index is 13.0. The summed E-state index contributed by atoms with van der Waals surface area (Å²) in [5.74, 6) is -0.873. The minimum atomic E-state index is -0.873. The Labute approximate surface area is 79.5 Å². The van der Waals surface area contributed by atoms with Gasteiger partial charge in [-0.15, -0.1) is 0 Å². The molecule has 1 aromatic carbocycles. The fourth-order valence-corrected chi connectivity index (χ4v) is 1.15. The number of nitro groups is 1. The molecule has 0 saturated carbocycles. The molecule has 0 saturated heterocycles. The zero-order valence-electron chi connectivity index (χ0n) is 7.49. The molecule has 0 aliphatic rings. The van der Waals surface area contributed by atoms with E-state index in [0.29, 0.717) is 17.4 Å². The van der Waals surface area contributed by atoms with Gasteiger partial charge in [0.1, 0.15) is 6.29 Å². The van der Waals surface area contributed by atoms with E-state index in [1.54, 1.807) is 6.92 Å². The van der Waals surface area contributed by atoms with E-state index in [-0.39, 0.29) is 6.42 Å². The van der Waals surface area contributed by atoms with Crippen molar-refractivity contribution < 1.29 is 14.1 Å². The number of benzene rings is 1. The predicted octanol–water partition coefficient (Wildman–Crippen LogP) is 1.78. The Balaban J connectivity index is 3.26. The van der Waals surface area contributed by atoms with E-state index >= 15 is 0 Å². The van der Waals surface area contributed by atoms with E-state index in [9.17, 15) is 19.3 Å². The molecule has 0 aromatic heterocycles. The molecule has 1 rings (SSSR count). The van der Waals surface area contributed by atoms with Crippen LogP contribution in [0.1, 0.15) is 11.1 Å². The highest BCUT2D eigenvalue weighted by atomic mass is 19.1. The highest BCUT2D eigenvalue weighted by Gasteiger charge is 2.16. The Bertz CT molecular complexity index is 390. The van der Waals surface area contributed by atoms with E-state index in [0.717, 1.165) is 12.1 Å². The summed E-state index contributed by atoms with van der Waals surface area (Å²) >= 11 is 0. The number of carbonyl (C=O) groups excluding carboxylic acids is 1. The smallest absolute Gasteiger partial charge is 0.303 e. The summed E-state index contributed by atoms with van der Waals surface area (Å²) in [4.78, 5) is 19.8. The Morgan fingerprint density at radius 1 is 1.57 bits per heavy atom. The Morgan fingerprint density at radius 3 is 2.71 bits per heavy atom. The van der Waals surface area contributed by atoms with Gasteiger partial charge in [-0.25, -0.2) is 0 Å². The average molecular weight is 197 g/mol. The fraction of sp³-hybridized carbons (Fsp3) is 0.222. The first-order chi connectivity index (χ1) is 6.56. The molecule has 0 fully saturated rings. The number of hydrogen-bond donors (Lipinski definition) is 0. The van der Waals surface area contributed by atoms with E-state index < -0.39 is 16.4 Å². The zero-order valence-corrected chi connectivity index (χ0v) is 7.49. The van der Waals surface area contributed by atoms with Gasteiger partial charge in [0.15, 0.2) is 0 Å². The standard InChI is InChI=1S/C9H8FNO3/c1-6-4-8(10)9(11(13)14)5-7(6)2-3-12/h3-5H,2H2,1H3. The third-order valence-corrected chi connectivity index (χ3v) is 1.91. The molecular weight excluding hydrogens is 189 g/mol. The second kappa shape index (κ2) is 3.95. The summed E-state index contributed by atoms with van der Waals surface area (Å²) in [6.45, 7) is 1.60. The minimum Gasteiger partial charge on any atom is -0.303 e. The summed E-state index contributed by atoms with van der Waals surface area (Å²) in [6.07, 6.45) is 0.691. The molecule has 5 heteroatoms. The third kappa shape index (κ3) is 1.93. The number of carbonyl (C=O) groups is 1. The molecule has 0 amide bonds. The highest BCUT2D eigenvalue weighted by molar-refractivity contribution is 5.57. The van der Waals surface area contributed by atoms with Crippen LogP contribution in [0.5, 0.6) is 0 Å². The van der Waals surface area contributed by atoms with Crippen LogP contribution in [0.15, 0.2) is 12.1 Å². The van der Waals surface area contributed by atoms with Crippen LogP contribution < -0.4 is 0 Å².